The van der Waals surface area contributed by atoms with Crippen molar-refractivity contribution < 1.29 is 57.4 Å². The van der Waals surface area contributed by atoms with Crippen molar-refractivity contribution in [2.75, 3.05) is 0 Å². The van der Waals surface area contributed by atoms with E-state index in [4.69, 9.17) is 0 Å². The molecule has 1 aliphatic heterocycles. The summed E-state index contributed by atoms with van der Waals surface area (Å²) >= 11 is 0. The highest BCUT2D eigenvalue weighted by Gasteiger charge is 2.80. The molecule has 4 rings (SSSR count). The van der Waals surface area contributed by atoms with E-state index in [1.807, 2.05) is 0 Å². The first-order valence-corrected chi connectivity index (χ1v) is 11.0. The highest BCUT2D eigenvalue weighted by atomic mass is 19.4. The predicted octanol–water partition coefficient (Wildman–Crippen LogP) is 8.94. The van der Waals surface area contributed by atoms with Crippen molar-refractivity contribution in [1.29, 1.82) is 0 Å². The lowest BCUT2D eigenvalue weighted by atomic mass is 9.75. The highest BCUT2D eigenvalue weighted by molar-refractivity contribution is 6.46. The summed E-state index contributed by atoms with van der Waals surface area (Å²) in [6.07, 6.45) is -25.9. The lowest BCUT2D eigenvalue weighted by Crippen LogP contribution is -2.49. The fraction of sp³-hybridized carbons (Fsp3) is 0.280. The van der Waals surface area contributed by atoms with Gasteiger partial charge < -0.3 is 4.74 Å². The number of alkyl halides is 12. The van der Waals surface area contributed by atoms with Gasteiger partial charge in [-0.2, -0.15) is 52.7 Å². The number of fused-ring (bicyclic) bond motifs is 1. The van der Waals surface area contributed by atoms with Crippen LogP contribution in [0.4, 0.5) is 64.1 Å². The monoisotopic (exact) mass is 586 g/mol. The fourth-order valence-corrected chi connectivity index (χ4v) is 4.39. The van der Waals surface area contributed by atoms with Crippen LogP contribution in [0.2, 0.25) is 0 Å². The summed E-state index contributed by atoms with van der Waals surface area (Å²) in [4.78, 5) is 7.16. The molecule has 0 N–H and O–H groups in total. The standard InChI is InChI=1S/C25H14F12N2O/c1-11-3-7-13(8-4-11)38-18-20(39-14-9-5-12(2)6-10-14)40-19-16(23(29,30)31)15(22(26,27)28)17(24(32,33)34)21(18,19)25(35,36)37/h3-10H,1-2H3. The van der Waals surface area contributed by atoms with Crippen LogP contribution in [-0.4, -0.2) is 36.3 Å². The van der Waals surface area contributed by atoms with Crippen LogP contribution in [0.5, 0.6) is 0 Å². The number of aliphatic imine (C=N–C) groups is 2. The van der Waals surface area contributed by atoms with Gasteiger partial charge in [-0.15, -0.1) is 0 Å². The molecule has 0 bridgehead atoms. The molecule has 1 saturated heterocycles. The molecule has 2 aromatic rings. The van der Waals surface area contributed by atoms with E-state index >= 15 is 0 Å². The minimum absolute atomic E-state index is 0.280. The molecular weight excluding hydrogens is 572 g/mol. The van der Waals surface area contributed by atoms with E-state index in [9.17, 15) is 52.7 Å². The molecule has 214 valence electrons. The van der Waals surface area contributed by atoms with Gasteiger partial charge in [0, 0.05) is 0 Å². The Balaban J connectivity index is 2.24. The molecule has 40 heavy (non-hydrogen) atoms. The summed E-state index contributed by atoms with van der Waals surface area (Å²) < 4.78 is 176. The quantitative estimate of drug-likeness (QED) is 0.324. The van der Waals surface area contributed by atoms with Crippen LogP contribution in [-0.2, 0) is 4.74 Å². The van der Waals surface area contributed by atoms with Crippen LogP contribution < -0.4 is 0 Å². The number of rotatable bonds is 2. The molecule has 15 heteroatoms. The van der Waals surface area contributed by atoms with Gasteiger partial charge in [-0.25, -0.2) is 9.98 Å². The molecule has 3 nitrogen and oxygen atoms in total. The van der Waals surface area contributed by atoms with Crippen molar-refractivity contribution in [3.05, 3.63) is 82.1 Å². The third-order valence-corrected chi connectivity index (χ3v) is 6.01. The van der Waals surface area contributed by atoms with Gasteiger partial charge in [0.2, 0.25) is 11.3 Å². The van der Waals surface area contributed by atoms with Crippen LogP contribution in [0.25, 0.3) is 0 Å². The molecule has 2 aromatic carbocycles. The van der Waals surface area contributed by atoms with E-state index < -0.39 is 69.9 Å². The Kier molecular flexibility index (Phi) is 6.67. The molecule has 1 heterocycles. The smallest absolute Gasteiger partial charge is 0.420 e. The number of hydrogen-bond donors (Lipinski definition) is 0. The zero-order valence-electron chi connectivity index (χ0n) is 20.0. The van der Waals surface area contributed by atoms with Gasteiger partial charge >= 0.3 is 24.7 Å². The first-order chi connectivity index (χ1) is 18.2. The zero-order chi connectivity index (χ0) is 30.1. The number of hydrogen-bond acceptors (Lipinski definition) is 3. The van der Waals surface area contributed by atoms with Crippen LogP contribution >= 0.6 is 0 Å². The molecule has 2 aliphatic rings. The number of allylic oxidation sites excluding steroid dienone is 3. The molecule has 0 saturated carbocycles. The normalized spacial score (nSPS) is 22.4. The average Bonchev–Trinajstić information content (AvgIpc) is 3.27. The summed E-state index contributed by atoms with van der Waals surface area (Å²) in [7, 11) is 0. The van der Waals surface area contributed by atoms with Crippen molar-refractivity contribution in [1.82, 2.24) is 0 Å². The van der Waals surface area contributed by atoms with Gasteiger partial charge in [0.1, 0.15) is 17.0 Å². The van der Waals surface area contributed by atoms with Crippen molar-refractivity contribution in [2.24, 2.45) is 15.4 Å². The van der Waals surface area contributed by atoms with Gasteiger partial charge in [-0.05, 0) is 38.1 Å². The summed E-state index contributed by atoms with van der Waals surface area (Å²) in [5.74, 6) is -4.16. The van der Waals surface area contributed by atoms with Crippen LogP contribution in [0.1, 0.15) is 11.1 Å². The van der Waals surface area contributed by atoms with E-state index in [1.165, 1.54) is 31.2 Å². The minimum atomic E-state index is -6.59. The van der Waals surface area contributed by atoms with E-state index in [1.54, 1.807) is 6.92 Å². The number of benzene rings is 2. The Hall–Kier alpha value is -3.78. The first kappa shape index (κ1) is 29.2. The number of ether oxygens (including phenoxy) is 1. The third-order valence-electron chi connectivity index (χ3n) is 6.01. The highest BCUT2D eigenvalue weighted by Crippen LogP contribution is 2.68. The van der Waals surface area contributed by atoms with E-state index in [2.05, 4.69) is 14.7 Å². The maximum Gasteiger partial charge on any atom is 0.420 e. The summed E-state index contributed by atoms with van der Waals surface area (Å²) in [6, 6.07) is 9.61. The van der Waals surface area contributed by atoms with Gasteiger partial charge in [-0.3, -0.25) is 0 Å². The van der Waals surface area contributed by atoms with E-state index in [0.717, 1.165) is 24.3 Å². The average molecular weight is 586 g/mol. The molecule has 0 radical (unpaired) electrons. The summed E-state index contributed by atoms with van der Waals surface area (Å²) in [5, 5.41) is 0. The van der Waals surface area contributed by atoms with Crippen LogP contribution in [0.3, 0.4) is 0 Å². The Morgan fingerprint density at radius 1 is 0.575 bits per heavy atom. The summed E-state index contributed by atoms with van der Waals surface area (Å²) in [6.45, 7) is 3.13. The summed E-state index contributed by atoms with van der Waals surface area (Å²) in [5.41, 5.74) is -17.2. The zero-order valence-corrected chi connectivity index (χ0v) is 20.0. The molecule has 0 spiro atoms. The van der Waals surface area contributed by atoms with Crippen LogP contribution in [0, 0.1) is 19.3 Å². The lowest BCUT2D eigenvalue weighted by Gasteiger charge is -2.32. The van der Waals surface area contributed by atoms with Crippen LogP contribution in [0.15, 0.2) is 81.0 Å². The second-order valence-corrected chi connectivity index (χ2v) is 8.85. The number of nitrogens with zero attached hydrogens (tertiary/aromatic N) is 2. The Morgan fingerprint density at radius 3 is 1.38 bits per heavy atom. The number of aryl methyl sites for hydroxylation is 2. The van der Waals surface area contributed by atoms with Gasteiger partial charge in [-0.1, -0.05) is 35.4 Å². The molecular formula is C25H14F12N2O. The molecule has 0 amide bonds. The molecule has 1 atom stereocenters. The van der Waals surface area contributed by atoms with E-state index in [-0.39, 0.29) is 5.69 Å². The Bertz CT molecular complexity index is 1450. The van der Waals surface area contributed by atoms with Crippen molar-refractivity contribution in [3.8, 4) is 0 Å². The van der Waals surface area contributed by atoms with Gasteiger partial charge in [0.25, 0.3) is 0 Å². The molecule has 0 aromatic heterocycles. The fourth-order valence-electron chi connectivity index (χ4n) is 4.39. The number of halogens is 12. The van der Waals surface area contributed by atoms with Gasteiger partial charge in [0.15, 0.2) is 0 Å². The van der Waals surface area contributed by atoms with Crippen molar-refractivity contribution in [2.45, 2.75) is 38.6 Å². The van der Waals surface area contributed by atoms with E-state index in [0.29, 0.717) is 11.1 Å². The lowest BCUT2D eigenvalue weighted by molar-refractivity contribution is -0.199. The van der Waals surface area contributed by atoms with Crippen molar-refractivity contribution in [3.63, 3.8) is 0 Å². The Labute approximate surface area is 217 Å². The SMILES string of the molecule is Cc1ccc(N=C2OC3=C(C(F)(F)F)C(C(F)(F)F)=C(C(F)(F)F)C3(C(F)(F)F)C2=Nc2ccc(C)cc2)cc1. The molecule has 1 fully saturated rings. The first-order valence-electron chi connectivity index (χ1n) is 11.0. The second-order valence-electron chi connectivity index (χ2n) is 8.85. The minimum Gasteiger partial charge on any atom is -0.439 e. The molecule has 1 aliphatic carbocycles. The van der Waals surface area contributed by atoms with Crippen molar-refractivity contribution >= 4 is 23.0 Å². The maximum absolute atomic E-state index is 14.9. The Morgan fingerprint density at radius 2 is 1.00 bits per heavy atom. The largest absolute Gasteiger partial charge is 0.439 e. The predicted molar refractivity (Wildman–Crippen MR) is 118 cm³/mol. The topological polar surface area (TPSA) is 34.0 Å². The maximum atomic E-state index is 14.9. The second kappa shape index (κ2) is 9.13. The molecule has 1 unspecified atom stereocenters. The van der Waals surface area contributed by atoms with Gasteiger partial charge in [0.05, 0.1) is 22.5 Å². The third kappa shape index (κ3) is 4.74.